The average molecular weight is 246 g/mol. The minimum Gasteiger partial charge on any atom is -0.491 e. The van der Waals surface area contributed by atoms with Gasteiger partial charge in [-0.1, -0.05) is 18.2 Å². The fourth-order valence-corrected chi connectivity index (χ4v) is 1.36. The lowest BCUT2D eigenvalue weighted by Gasteiger charge is -2.13. The molecule has 0 bridgehead atoms. The number of aliphatic hydroxyl groups is 1. The van der Waals surface area contributed by atoms with Gasteiger partial charge in [-0.05, 0) is 25.1 Å². The van der Waals surface area contributed by atoms with Crippen molar-refractivity contribution in [2.24, 2.45) is 0 Å². The average Bonchev–Trinajstić information content (AvgIpc) is 2.36. The van der Waals surface area contributed by atoms with Gasteiger partial charge in [-0.3, -0.25) is 0 Å². The van der Waals surface area contributed by atoms with E-state index < -0.39 is 6.10 Å². The Labute approximate surface area is 108 Å². The summed E-state index contributed by atoms with van der Waals surface area (Å²) in [5.74, 6) is 0.591. The number of hydrogen-bond donors (Lipinski definition) is 2. The second-order valence-electron chi connectivity index (χ2n) is 4.19. The van der Waals surface area contributed by atoms with Crippen LogP contribution in [0.25, 0.3) is 0 Å². The highest BCUT2D eigenvalue weighted by Crippen LogP contribution is 2.12. The van der Waals surface area contributed by atoms with Crippen LogP contribution in [-0.2, 0) is 0 Å². The molecule has 0 aliphatic heterocycles. The molecule has 1 unspecified atom stereocenters. The predicted molar refractivity (Wildman–Crippen MR) is 70.3 cm³/mol. The summed E-state index contributed by atoms with van der Waals surface area (Å²) < 4.78 is 5.40. The molecule has 1 rings (SSSR count). The predicted octanol–water partition coefficient (Wildman–Crippen LogP) is 1.46. The van der Waals surface area contributed by atoms with Gasteiger partial charge in [0.1, 0.15) is 18.5 Å². The number of rotatable bonds is 7. The summed E-state index contributed by atoms with van der Waals surface area (Å²) in [7, 11) is 0. The molecule has 1 aromatic carbocycles. The van der Waals surface area contributed by atoms with Gasteiger partial charge in [-0.2, -0.15) is 5.26 Å². The summed E-state index contributed by atoms with van der Waals surface area (Å²) in [6.45, 7) is 7.00. The van der Waals surface area contributed by atoms with Crippen molar-refractivity contribution in [2.75, 3.05) is 19.7 Å². The van der Waals surface area contributed by atoms with Crippen LogP contribution >= 0.6 is 0 Å². The van der Waals surface area contributed by atoms with Gasteiger partial charge in [0, 0.05) is 13.1 Å². The summed E-state index contributed by atoms with van der Waals surface area (Å²) in [5.41, 5.74) is 1.56. The minimum absolute atomic E-state index is 0.193. The Morgan fingerprint density at radius 2 is 2.39 bits per heavy atom. The summed E-state index contributed by atoms with van der Waals surface area (Å²) >= 11 is 0. The lowest BCUT2D eigenvalue weighted by atomic mass is 10.2. The monoisotopic (exact) mass is 246 g/mol. The van der Waals surface area contributed by atoms with Crippen LogP contribution in [0.2, 0.25) is 0 Å². The van der Waals surface area contributed by atoms with E-state index in [-0.39, 0.29) is 6.61 Å². The molecule has 4 nitrogen and oxygen atoms in total. The first-order valence-corrected chi connectivity index (χ1v) is 5.78. The molecule has 0 spiro atoms. The molecule has 96 valence electrons. The van der Waals surface area contributed by atoms with Gasteiger partial charge in [0.25, 0.3) is 0 Å². The third-order valence-corrected chi connectivity index (χ3v) is 2.21. The highest BCUT2D eigenvalue weighted by Gasteiger charge is 2.05. The molecular formula is C14H18N2O2. The highest BCUT2D eigenvalue weighted by molar-refractivity contribution is 5.36. The lowest BCUT2D eigenvalue weighted by Crippen LogP contribution is -2.32. The zero-order valence-electron chi connectivity index (χ0n) is 10.5. The third-order valence-electron chi connectivity index (χ3n) is 2.21. The Morgan fingerprint density at radius 3 is 3.06 bits per heavy atom. The van der Waals surface area contributed by atoms with Crippen molar-refractivity contribution in [1.29, 1.82) is 5.26 Å². The molecular weight excluding hydrogens is 228 g/mol. The zero-order chi connectivity index (χ0) is 13.4. The second kappa shape index (κ2) is 7.49. The molecule has 0 saturated heterocycles. The molecule has 0 fully saturated rings. The number of nitriles is 1. The summed E-state index contributed by atoms with van der Waals surface area (Å²) in [4.78, 5) is 0. The smallest absolute Gasteiger partial charge is 0.120 e. The van der Waals surface area contributed by atoms with Gasteiger partial charge in [0.15, 0.2) is 0 Å². The Bertz CT molecular complexity index is 438. The summed E-state index contributed by atoms with van der Waals surface area (Å²) in [5, 5.41) is 21.5. The SMILES string of the molecule is C=C(C)CNCC(O)COc1cccc(C#N)c1. The minimum atomic E-state index is -0.588. The van der Waals surface area contributed by atoms with Crippen molar-refractivity contribution in [3.05, 3.63) is 42.0 Å². The first-order chi connectivity index (χ1) is 8.61. The van der Waals surface area contributed by atoms with Crippen molar-refractivity contribution < 1.29 is 9.84 Å². The molecule has 0 amide bonds. The van der Waals surface area contributed by atoms with E-state index in [9.17, 15) is 5.11 Å². The van der Waals surface area contributed by atoms with Crippen LogP contribution in [0.5, 0.6) is 5.75 Å². The Kier molecular flexibility index (Phi) is 5.92. The number of nitrogens with zero attached hydrogens (tertiary/aromatic N) is 1. The van der Waals surface area contributed by atoms with Crippen LogP contribution in [0.4, 0.5) is 0 Å². The maximum Gasteiger partial charge on any atom is 0.120 e. The lowest BCUT2D eigenvalue weighted by molar-refractivity contribution is 0.107. The summed E-state index contributed by atoms with van der Waals surface area (Å²) in [6, 6.07) is 8.90. The van der Waals surface area contributed by atoms with Crippen LogP contribution in [-0.4, -0.2) is 30.9 Å². The van der Waals surface area contributed by atoms with E-state index in [0.29, 0.717) is 24.4 Å². The second-order valence-corrected chi connectivity index (χ2v) is 4.19. The normalized spacial score (nSPS) is 11.6. The van der Waals surface area contributed by atoms with Crippen molar-refractivity contribution in [2.45, 2.75) is 13.0 Å². The number of ether oxygens (including phenoxy) is 1. The summed E-state index contributed by atoms with van der Waals surface area (Å²) in [6.07, 6.45) is -0.588. The van der Waals surface area contributed by atoms with E-state index in [4.69, 9.17) is 10.00 Å². The van der Waals surface area contributed by atoms with E-state index in [1.807, 2.05) is 13.0 Å². The molecule has 0 aliphatic rings. The zero-order valence-corrected chi connectivity index (χ0v) is 10.5. The maximum atomic E-state index is 9.67. The molecule has 1 aromatic rings. The molecule has 2 N–H and O–H groups in total. The van der Waals surface area contributed by atoms with Crippen molar-refractivity contribution >= 4 is 0 Å². The van der Waals surface area contributed by atoms with Gasteiger partial charge in [0.05, 0.1) is 11.6 Å². The van der Waals surface area contributed by atoms with Crippen molar-refractivity contribution in [1.82, 2.24) is 5.32 Å². The van der Waals surface area contributed by atoms with Crippen LogP contribution in [0.3, 0.4) is 0 Å². The molecule has 1 atom stereocenters. The van der Waals surface area contributed by atoms with Crippen LogP contribution < -0.4 is 10.1 Å². The molecule has 0 heterocycles. The van der Waals surface area contributed by atoms with Gasteiger partial charge in [-0.25, -0.2) is 0 Å². The highest BCUT2D eigenvalue weighted by atomic mass is 16.5. The van der Waals surface area contributed by atoms with Gasteiger partial charge in [0.2, 0.25) is 0 Å². The Balaban J connectivity index is 2.31. The maximum absolute atomic E-state index is 9.67. The molecule has 18 heavy (non-hydrogen) atoms. The molecule has 0 radical (unpaired) electrons. The first kappa shape index (κ1) is 14.2. The van der Waals surface area contributed by atoms with Crippen LogP contribution in [0.1, 0.15) is 12.5 Å². The van der Waals surface area contributed by atoms with Crippen molar-refractivity contribution in [3.8, 4) is 11.8 Å². The van der Waals surface area contributed by atoms with E-state index in [0.717, 1.165) is 5.57 Å². The number of nitrogens with one attached hydrogen (secondary N) is 1. The number of benzene rings is 1. The van der Waals surface area contributed by atoms with Crippen molar-refractivity contribution in [3.63, 3.8) is 0 Å². The number of aliphatic hydroxyl groups excluding tert-OH is 1. The van der Waals surface area contributed by atoms with Crippen LogP contribution in [0.15, 0.2) is 36.4 Å². The fraction of sp³-hybridized carbons (Fsp3) is 0.357. The molecule has 4 heteroatoms. The Hall–Kier alpha value is -1.83. The quantitative estimate of drug-likeness (QED) is 0.715. The topological polar surface area (TPSA) is 65.3 Å². The van der Waals surface area contributed by atoms with E-state index >= 15 is 0 Å². The molecule has 0 saturated carbocycles. The van der Waals surface area contributed by atoms with E-state index in [1.165, 1.54) is 0 Å². The van der Waals surface area contributed by atoms with Crippen LogP contribution in [0, 0.1) is 11.3 Å². The van der Waals surface area contributed by atoms with E-state index in [1.54, 1.807) is 24.3 Å². The fourth-order valence-electron chi connectivity index (χ4n) is 1.36. The Morgan fingerprint density at radius 1 is 1.61 bits per heavy atom. The number of hydrogen-bond acceptors (Lipinski definition) is 4. The third kappa shape index (κ3) is 5.48. The largest absolute Gasteiger partial charge is 0.491 e. The standard InChI is InChI=1S/C14H18N2O2/c1-11(2)8-16-9-13(17)10-18-14-5-3-4-12(6-14)7-15/h3-6,13,16-17H,1,8-10H2,2H3. The van der Waals surface area contributed by atoms with Gasteiger partial charge >= 0.3 is 0 Å². The van der Waals surface area contributed by atoms with Gasteiger partial charge in [-0.15, -0.1) is 0 Å². The van der Waals surface area contributed by atoms with E-state index in [2.05, 4.69) is 11.9 Å². The first-order valence-electron chi connectivity index (χ1n) is 5.78. The molecule has 0 aliphatic carbocycles. The molecule has 0 aromatic heterocycles. The van der Waals surface area contributed by atoms with Gasteiger partial charge < -0.3 is 15.2 Å².